The molecule has 1 amide bonds. The Morgan fingerprint density at radius 2 is 2.16 bits per heavy atom. The monoisotopic (exact) mass is 276 g/mol. The summed E-state index contributed by atoms with van der Waals surface area (Å²) in [5.74, 6) is 1.48. The average Bonchev–Trinajstić information content (AvgIpc) is 2.91. The van der Waals surface area contributed by atoms with Gasteiger partial charge in [0.2, 0.25) is 5.91 Å². The third-order valence-corrected chi connectivity index (χ3v) is 3.81. The molecule has 4 nitrogen and oxygen atoms in total. The Balaban J connectivity index is 1.87. The van der Waals surface area contributed by atoms with Gasteiger partial charge in [0.25, 0.3) is 0 Å². The summed E-state index contributed by atoms with van der Waals surface area (Å²) in [6.45, 7) is 1.86. The Morgan fingerprint density at radius 1 is 1.37 bits per heavy atom. The van der Waals surface area contributed by atoms with Gasteiger partial charge in [-0.25, -0.2) is 0 Å². The third-order valence-electron chi connectivity index (χ3n) is 2.64. The van der Waals surface area contributed by atoms with Gasteiger partial charge in [0, 0.05) is 0 Å². The normalized spacial score (nSPS) is 12.1. The van der Waals surface area contributed by atoms with E-state index < -0.39 is 0 Å². The SMILES string of the molecule is CC(SCc1ccco1)C(=O)Nc1ccccc1N. The molecule has 1 unspecified atom stereocenters. The number of carbonyl (C=O) groups is 1. The molecule has 1 aromatic carbocycles. The van der Waals surface area contributed by atoms with Crippen molar-refractivity contribution in [2.75, 3.05) is 11.1 Å². The number of nitrogens with one attached hydrogen (secondary N) is 1. The zero-order valence-corrected chi connectivity index (χ0v) is 11.4. The maximum absolute atomic E-state index is 12.0. The van der Waals surface area contributed by atoms with Crippen LogP contribution < -0.4 is 11.1 Å². The standard InChI is InChI=1S/C14H16N2O2S/c1-10(19-9-11-5-4-8-18-11)14(17)16-13-7-3-2-6-12(13)15/h2-8,10H,9,15H2,1H3,(H,16,17). The Hall–Kier alpha value is -1.88. The Labute approximate surface area is 116 Å². The molecule has 2 rings (SSSR count). The van der Waals surface area contributed by atoms with Crippen LogP contribution in [0.4, 0.5) is 11.4 Å². The Morgan fingerprint density at radius 3 is 2.84 bits per heavy atom. The molecule has 0 fully saturated rings. The van der Waals surface area contributed by atoms with Crippen molar-refractivity contribution >= 4 is 29.0 Å². The largest absolute Gasteiger partial charge is 0.468 e. The molecule has 0 aliphatic rings. The first-order valence-electron chi connectivity index (χ1n) is 5.96. The average molecular weight is 276 g/mol. The van der Waals surface area contributed by atoms with Crippen LogP contribution in [0.1, 0.15) is 12.7 Å². The maximum Gasteiger partial charge on any atom is 0.237 e. The molecule has 3 N–H and O–H groups in total. The first kappa shape index (κ1) is 13.5. The fraction of sp³-hybridized carbons (Fsp3) is 0.214. The highest BCUT2D eigenvalue weighted by Crippen LogP contribution is 2.21. The quantitative estimate of drug-likeness (QED) is 0.823. The second-order valence-corrected chi connectivity index (χ2v) is 5.44. The van der Waals surface area contributed by atoms with E-state index in [1.807, 2.05) is 31.2 Å². The number of para-hydroxylation sites is 2. The minimum absolute atomic E-state index is 0.0607. The number of carbonyl (C=O) groups excluding carboxylic acids is 1. The molecular formula is C14H16N2O2S. The molecule has 0 aliphatic heterocycles. The number of furan rings is 1. The molecule has 1 heterocycles. The molecule has 2 aromatic rings. The first-order valence-corrected chi connectivity index (χ1v) is 7.01. The fourth-order valence-electron chi connectivity index (χ4n) is 1.52. The third kappa shape index (κ3) is 3.79. The van der Waals surface area contributed by atoms with Gasteiger partial charge >= 0.3 is 0 Å². The van der Waals surface area contributed by atoms with Crippen molar-refractivity contribution < 1.29 is 9.21 Å². The first-order chi connectivity index (χ1) is 9.16. The van der Waals surface area contributed by atoms with E-state index in [1.54, 1.807) is 18.4 Å². The van der Waals surface area contributed by atoms with Crippen LogP contribution in [0, 0.1) is 0 Å². The minimum atomic E-state index is -0.176. The molecule has 0 saturated carbocycles. The molecule has 0 spiro atoms. The molecule has 1 aromatic heterocycles. The van der Waals surface area contributed by atoms with Crippen LogP contribution in [0.25, 0.3) is 0 Å². The number of nitrogens with two attached hydrogens (primary N) is 1. The minimum Gasteiger partial charge on any atom is -0.468 e. The Kier molecular flexibility index (Phi) is 4.52. The second kappa shape index (κ2) is 6.33. The zero-order chi connectivity index (χ0) is 13.7. The van der Waals surface area contributed by atoms with Crippen molar-refractivity contribution in [3.8, 4) is 0 Å². The van der Waals surface area contributed by atoms with E-state index in [0.717, 1.165) is 5.76 Å². The number of benzene rings is 1. The van der Waals surface area contributed by atoms with Gasteiger partial charge in [0.1, 0.15) is 5.76 Å². The Bertz CT molecular complexity index is 540. The van der Waals surface area contributed by atoms with Gasteiger partial charge in [-0.2, -0.15) is 0 Å². The number of rotatable bonds is 5. The van der Waals surface area contributed by atoms with Crippen molar-refractivity contribution in [3.05, 3.63) is 48.4 Å². The summed E-state index contributed by atoms with van der Waals surface area (Å²) in [6.07, 6.45) is 1.63. The molecule has 0 saturated heterocycles. The van der Waals surface area contributed by atoms with Crippen LogP contribution in [0.15, 0.2) is 47.1 Å². The predicted molar refractivity (Wildman–Crippen MR) is 78.9 cm³/mol. The summed E-state index contributed by atoms with van der Waals surface area (Å²) < 4.78 is 5.23. The summed E-state index contributed by atoms with van der Waals surface area (Å²) in [4.78, 5) is 12.0. The highest BCUT2D eigenvalue weighted by atomic mass is 32.2. The van der Waals surface area contributed by atoms with E-state index in [1.165, 1.54) is 11.8 Å². The summed E-state index contributed by atoms with van der Waals surface area (Å²) in [6, 6.07) is 11.0. The van der Waals surface area contributed by atoms with Gasteiger partial charge in [-0.05, 0) is 31.2 Å². The number of anilines is 2. The lowest BCUT2D eigenvalue weighted by molar-refractivity contribution is -0.115. The van der Waals surface area contributed by atoms with Crippen LogP contribution in [-0.2, 0) is 10.5 Å². The molecule has 1 atom stereocenters. The number of thioether (sulfide) groups is 1. The lowest BCUT2D eigenvalue weighted by Crippen LogP contribution is -2.23. The zero-order valence-electron chi connectivity index (χ0n) is 10.6. The summed E-state index contributed by atoms with van der Waals surface area (Å²) in [5.41, 5.74) is 7.00. The van der Waals surface area contributed by atoms with E-state index in [9.17, 15) is 4.79 Å². The van der Waals surface area contributed by atoms with E-state index >= 15 is 0 Å². The number of amides is 1. The summed E-state index contributed by atoms with van der Waals surface area (Å²) >= 11 is 1.52. The van der Waals surface area contributed by atoms with Crippen LogP contribution in [0.5, 0.6) is 0 Å². The fourth-order valence-corrected chi connectivity index (χ4v) is 2.31. The highest BCUT2D eigenvalue weighted by Gasteiger charge is 2.15. The number of nitrogen functional groups attached to an aromatic ring is 1. The van der Waals surface area contributed by atoms with Crippen molar-refractivity contribution in [3.63, 3.8) is 0 Å². The van der Waals surface area contributed by atoms with Gasteiger partial charge < -0.3 is 15.5 Å². The van der Waals surface area contributed by atoms with Crippen molar-refractivity contribution in [1.82, 2.24) is 0 Å². The van der Waals surface area contributed by atoms with Crippen LogP contribution in [-0.4, -0.2) is 11.2 Å². The molecule has 0 aliphatic carbocycles. The van der Waals surface area contributed by atoms with Crippen LogP contribution >= 0.6 is 11.8 Å². The molecule has 0 radical (unpaired) electrons. The van der Waals surface area contributed by atoms with E-state index in [0.29, 0.717) is 17.1 Å². The van der Waals surface area contributed by atoms with Gasteiger partial charge in [-0.3, -0.25) is 4.79 Å². The topological polar surface area (TPSA) is 68.3 Å². The van der Waals surface area contributed by atoms with Gasteiger partial charge in [0.05, 0.1) is 28.6 Å². The highest BCUT2D eigenvalue weighted by molar-refractivity contribution is 7.99. The summed E-state index contributed by atoms with van der Waals surface area (Å²) in [7, 11) is 0. The van der Waals surface area contributed by atoms with Crippen molar-refractivity contribution in [1.29, 1.82) is 0 Å². The van der Waals surface area contributed by atoms with Crippen LogP contribution in [0.3, 0.4) is 0 Å². The molecule has 0 bridgehead atoms. The lowest BCUT2D eigenvalue weighted by atomic mass is 10.2. The number of hydrogen-bond acceptors (Lipinski definition) is 4. The van der Waals surface area contributed by atoms with Gasteiger partial charge in [0.15, 0.2) is 0 Å². The second-order valence-electron chi connectivity index (χ2n) is 4.11. The molecular weight excluding hydrogens is 260 g/mol. The van der Waals surface area contributed by atoms with E-state index in [-0.39, 0.29) is 11.2 Å². The lowest BCUT2D eigenvalue weighted by Gasteiger charge is -2.12. The maximum atomic E-state index is 12.0. The van der Waals surface area contributed by atoms with Crippen LogP contribution in [0.2, 0.25) is 0 Å². The molecule has 5 heteroatoms. The van der Waals surface area contributed by atoms with Crippen molar-refractivity contribution in [2.24, 2.45) is 0 Å². The van der Waals surface area contributed by atoms with E-state index in [2.05, 4.69) is 5.32 Å². The van der Waals surface area contributed by atoms with Gasteiger partial charge in [-0.15, -0.1) is 11.8 Å². The van der Waals surface area contributed by atoms with E-state index in [4.69, 9.17) is 10.2 Å². The predicted octanol–water partition coefficient (Wildman–Crippen LogP) is 3.12. The summed E-state index contributed by atoms with van der Waals surface area (Å²) in [5, 5.41) is 2.65. The molecule has 19 heavy (non-hydrogen) atoms. The number of hydrogen-bond donors (Lipinski definition) is 2. The molecule has 100 valence electrons. The smallest absolute Gasteiger partial charge is 0.237 e. The van der Waals surface area contributed by atoms with Gasteiger partial charge in [-0.1, -0.05) is 12.1 Å². The van der Waals surface area contributed by atoms with Crippen molar-refractivity contribution in [2.45, 2.75) is 17.9 Å².